The molecule has 0 aromatic carbocycles. The highest BCUT2D eigenvalue weighted by Crippen LogP contribution is 2.13. The third-order valence-corrected chi connectivity index (χ3v) is 2.34. The standard InChI is InChI=1S/C9H20N2O.2ClH/c1-11(5-4-10)7-9-3-2-6-12-8-9;;/h9H,2-8,10H2,1H3;2*1H. The summed E-state index contributed by atoms with van der Waals surface area (Å²) in [4.78, 5) is 2.29. The summed E-state index contributed by atoms with van der Waals surface area (Å²) in [6.07, 6.45) is 2.54. The second kappa shape index (κ2) is 9.99. The molecule has 2 N–H and O–H groups in total. The molecule has 0 aliphatic carbocycles. The summed E-state index contributed by atoms with van der Waals surface area (Å²) < 4.78 is 5.40. The average Bonchev–Trinajstić information content (AvgIpc) is 2.06. The van der Waals surface area contributed by atoms with E-state index in [0.717, 1.165) is 38.8 Å². The normalized spacial score (nSPS) is 21.2. The molecule has 1 rings (SSSR count). The maximum atomic E-state index is 5.46. The number of nitrogens with zero attached hydrogens (tertiary/aromatic N) is 1. The fraction of sp³-hybridized carbons (Fsp3) is 1.00. The maximum Gasteiger partial charge on any atom is 0.0506 e. The smallest absolute Gasteiger partial charge is 0.0506 e. The molecule has 1 fully saturated rings. The second-order valence-corrected chi connectivity index (χ2v) is 3.63. The molecule has 0 saturated carbocycles. The van der Waals surface area contributed by atoms with Crippen molar-refractivity contribution in [3.05, 3.63) is 0 Å². The molecule has 0 radical (unpaired) electrons. The molecule has 0 aromatic heterocycles. The molecule has 1 unspecified atom stereocenters. The fourth-order valence-electron chi connectivity index (χ4n) is 1.70. The van der Waals surface area contributed by atoms with Crippen molar-refractivity contribution in [2.75, 3.05) is 39.9 Å². The highest BCUT2D eigenvalue weighted by atomic mass is 35.5. The van der Waals surface area contributed by atoms with Crippen LogP contribution < -0.4 is 5.73 Å². The van der Waals surface area contributed by atoms with Crippen molar-refractivity contribution < 1.29 is 4.74 Å². The average molecular weight is 245 g/mol. The summed E-state index contributed by atoms with van der Waals surface area (Å²) in [5.41, 5.74) is 5.46. The topological polar surface area (TPSA) is 38.5 Å². The Bertz CT molecular complexity index is 121. The Balaban J connectivity index is 0. The molecule has 1 heterocycles. The Hall–Kier alpha value is 0.460. The van der Waals surface area contributed by atoms with Gasteiger partial charge < -0.3 is 15.4 Å². The molecule has 1 aliphatic rings. The number of nitrogens with two attached hydrogens (primary N) is 1. The summed E-state index contributed by atoms with van der Waals surface area (Å²) in [6, 6.07) is 0. The SMILES string of the molecule is CN(CCN)CC1CCCOC1.Cl.Cl. The molecule has 14 heavy (non-hydrogen) atoms. The van der Waals surface area contributed by atoms with E-state index in [1.165, 1.54) is 12.8 Å². The molecular formula is C9H22Cl2N2O. The Kier molecular flexibility index (Phi) is 12.0. The molecule has 0 aromatic rings. The first kappa shape index (κ1) is 16.9. The van der Waals surface area contributed by atoms with E-state index >= 15 is 0 Å². The minimum absolute atomic E-state index is 0. The van der Waals surface area contributed by atoms with E-state index < -0.39 is 0 Å². The first-order chi connectivity index (χ1) is 5.83. The van der Waals surface area contributed by atoms with E-state index in [1.807, 2.05) is 0 Å². The lowest BCUT2D eigenvalue weighted by atomic mass is 10.0. The Morgan fingerprint density at radius 3 is 2.64 bits per heavy atom. The van der Waals surface area contributed by atoms with Crippen LogP contribution in [0.3, 0.4) is 0 Å². The zero-order valence-electron chi connectivity index (χ0n) is 8.78. The van der Waals surface area contributed by atoms with Crippen molar-refractivity contribution in [1.82, 2.24) is 4.90 Å². The van der Waals surface area contributed by atoms with Crippen LogP contribution in [0.15, 0.2) is 0 Å². The number of hydrogen-bond donors (Lipinski definition) is 1. The highest BCUT2D eigenvalue weighted by Gasteiger charge is 2.14. The number of rotatable bonds is 4. The van der Waals surface area contributed by atoms with E-state index in [0.29, 0.717) is 0 Å². The van der Waals surface area contributed by atoms with Gasteiger partial charge in [-0.1, -0.05) is 0 Å². The van der Waals surface area contributed by atoms with Crippen molar-refractivity contribution in [3.8, 4) is 0 Å². The Morgan fingerprint density at radius 1 is 1.43 bits per heavy atom. The van der Waals surface area contributed by atoms with Gasteiger partial charge in [0.05, 0.1) is 6.61 Å². The monoisotopic (exact) mass is 244 g/mol. The van der Waals surface area contributed by atoms with Gasteiger partial charge in [0.25, 0.3) is 0 Å². The van der Waals surface area contributed by atoms with E-state index in [2.05, 4.69) is 11.9 Å². The lowest BCUT2D eigenvalue weighted by Crippen LogP contribution is -2.33. The van der Waals surface area contributed by atoms with Crippen molar-refractivity contribution in [1.29, 1.82) is 0 Å². The zero-order valence-corrected chi connectivity index (χ0v) is 10.4. The van der Waals surface area contributed by atoms with Crippen molar-refractivity contribution >= 4 is 24.8 Å². The molecular weight excluding hydrogens is 223 g/mol. The van der Waals surface area contributed by atoms with Crippen LogP contribution in [0.1, 0.15) is 12.8 Å². The molecule has 0 spiro atoms. The predicted molar refractivity (Wildman–Crippen MR) is 64.6 cm³/mol. The van der Waals surface area contributed by atoms with Crippen LogP contribution >= 0.6 is 24.8 Å². The molecule has 88 valence electrons. The molecule has 1 atom stereocenters. The van der Waals surface area contributed by atoms with Gasteiger partial charge in [-0.3, -0.25) is 0 Å². The molecule has 3 nitrogen and oxygen atoms in total. The van der Waals surface area contributed by atoms with Crippen LogP contribution in [-0.2, 0) is 4.74 Å². The summed E-state index contributed by atoms with van der Waals surface area (Å²) in [5.74, 6) is 0.732. The minimum Gasteiger partial charge on any atom is -0.381 e. The van der Waals surface area contributed by atoms with Gasteiger partial charge in [-0.05, 0) is 25.8 Å². The van der Waals surface area contributed by atoms with Gasteiger partial charge in [-0.15, -0.1) is 24.8 Å². The van der Waals surface area contributed by atoms with Crippen LogP contribution in [0.5, 0.6) is 0 Å². The number of ether oxygens (including phenoxy) is 1. The number of likely N-dealkylation sites (N-methyl/N-ethyl adjacent to an activating group) is 1. The summed E-state index contributed by atoms with van der Waals surface area (Å²) in [7, 11) is 2.13. The molecule has 5 heteroatoms. The molecule has 0 bridgehead atoms. The van der Waals surface area contributed by atoms with Gasteiger partial charge in [0, 0.05) is 26.2 Å². The van der Waals surface area contributed by atoms with E-state index in [9.17, 15) is 0 Å². The molecule has 0 amide bonds. The second-order valence-electron chi connectivity index (χ2n) is 3.63. The van der Waals surface area contributed by atoms with Crippen molar-refractivity contribution in [2.45, 2.75) is 12.8 Å². The Labute approximate surface area is 99.2 Å². The number of hydrogen-bond acceptors (Lipinski definition) is 3. The number of halogens is 2. The van der Waals surface area contributed by atoms with Crippen LogP contribution in [0, 0.1) is 5.92 Å². The van der Waals surface area contributed by atoms with Gasteiger partial charge in [0.2, 0.25) is 0 Å². The van der Waals surface area contributed by atoms with E-state index in [1.54, 1.807) is 0 Å². The zero-order chi connectivity index (χ0) is 8.81. The van der Waals surface area contributed by atoms with Crippen LogP contribution in [0.4, 0.5) is 0 Å². The summed E-state index contributed by atoms with van der Waals surface area (Å²) in [6.45, 7) is 4.78. The highest BCUT2D eigenvalue weighted by molar-refractivity contribution is 5.85. The first-order valence-electron chi connectivity index (χ1n) is 4.79. The van der Waals surface area contributed by atoms with Gasteiger partial charge >= 0.3 is 0 Å². The van der Waals surface area contributed by atoms with Gasteiger partial charge in [-0.25, -0.2) is 0 Å². The lowest BCUT2D eigenvalue weighted by molar-refractivity contribution is 0.0424. The quantitative estimate of drug-likeness (QED) is 0.807. The van der Waals surface area contributed by atoms with Crippen molar-refractivity contribution in [2.24, 2.45) is 11.7 Å². The molecule has 1 saturated heterocycles. The van der Waals surface area contributed by atoms with Crippen LogP contribution in [0.2, 0.25) is 0 Å². The maximum absolute atomic E-state index is 5.46. The lowest BCUT2D eigenvalue weighted by Gasteiger charge is -2.26. The third kappa shape index (κ3) is 6.85. The van der Waals surface area contributed by atoms with Gasteiger partial charge in [0.1, 0.15) is 0 Å². The minimum atomic E-state index is 0. The van der Waals surface area contributed by atoms with Gasteiger partial charge in [0.15, 0.2) is 0 Å². The largest absolute Gasteiger partial charge is 0.381 e. The predicted octanol–water partition coefficient (Wildman–Crippen LogP) is 1.15. The van der Waals surface area contributed by atoms with Crippen LogP contribution in [0.25, 0.3) is 0 Å². The molecule has 1 aliphatic heterocycles. The first-order valence-corrected chi connectivity index (χ1v) is 4.79. The summed E-state index contributed by atoms with van der Waals surface area (Å²) >= 11 is 0. The summed E-state index contributed by atoms with van der Waals surface area (Å²) in [5, 5.41) is 0. The fourth-order valence-corrected chi connectivity index (χ4v) is 1.70. The van der Waals surface area contributed by atoms with E-state index in [-0.39, 0.29) is 24.8 Å². The van der Waals surface area contributed by atoms with Crippen molar-refractivity contribution in [3.63, 3.8) is 0 Å². The van der Waals surface area contributed by atoms with E-state index in [4.69, 9.17) is 10.5 Å². The van der Waals surface area contributed by atoms with Gasteiger partial charge in [-0.2, -0.15) is 0 Å². The van der Waals surface area contributed by atoms with Crippen LogP contribution in [-0.4, -0.2) is 44.8 Å². The third-order valence-electron chi connectivity index (χ3n) is 2.34. The Morgan fingerprint density at radius 2 is 2.14 bits per heavy atom.